The van der Waals surface area contributed by atoms with E-state index < -0.39 is 0 Å². The molecule has 0 unspecified atom stereocenters. The lowest BCUT2D eigenvalue weighted by atomic mass is 9.56. The summed E-state index contributed by atoms with van der Waals surface area (Å²) in [7, 11) is -0.325. The standard InChI is InChI=1S/C52H63BO2/c1-47(2,3)40-26-20-37(21-27-40)46(38-22-28-41(29-23-38)48(4,5)6)45(36-18-16-15-17-19-36)39-24-30-42(31-25-39)49(7,8)43-32-34-44(35-33-43)50(9,10)53-54-51(11,12)52(13,14)55-53/h15-35H,1-14H3. The first-order chi connectivity index (χ1) is 25.5. The third kappa shape index (κ3) is 8.07. The van der Waals surface area contributed by atoms with Crippen LogP contribution in [0.1, 0.15) is 147 Å². The van der Waals surface area contributed by atoms with Crippen LogP contribution in [0, 0.1) is 0 Å². The molecule has 0 spiro atoms. The Morgan fingerprint density at radius 1 is 0.382 bits per heavy atom. The molecule has 2 nitrogen and oxygen atoms in total. The van der Waals surface area contributed by atoms with Crippen molar-refractivity contribution in [3.05, 3.63) is 177 Å². The molecule has 1 aliphatic heterocycles. The Kier molecular flexibility index (Phi) is 10.6. The predicted octanol–water partition coefficient (Wildman–Crippen LogP) is 13.5. The van der Waals surface area contributed by atoms with E-state index in [1.54, 1.807) is 0 Å². The van der Waals surface area contributed by atoms with Crippen LogP contribution in [0.3, 0.4) is 0 Å². The Bertz CT molecular complexity index is 2040. The molecule has 0 aromatic heterocycles. The van der Waals surface area contributed by atoms with Crippen molar-refractivity contribution in [1.29, 1.82) is 0 Å². The van der Waals surface area contributed by atoms with Crippen LogP contribution in [-0.4, -0.2) is 18.3 Å². The first-order valence-corrected chi connectivity index (χ1v) is 20.1. The van der Waals surface area contributed by atoms with E-state index in [0.717, 1.165) is 0 Å². The van der Waals surface area contributed by atoms with Crippen LogP contribution < -0.4 is 0 Å². The van der Waals surface area contributed by atoms with Crippen molar-refractivity contribution < 1.29 is 9.31 Å². The lowest BCUT2D eigenvalue weighted by Gasteiger charge is -2.32. The Morgan fingerprint density at radius 3 is 1.02 bits per heavy atom. The van der Waals surface area contributed by atoms with Gasteiger partial charge in [-0.15, -0.1) is 0 Å². The first-order valence-electron chi connectivity index (χ1n) is 20.1. The van der Waals surface area contributed by atoms with Crippen LogP contribution >= 0.6 is 0 Å². The highest BCUT2D eigenvalue weighted by Crippen LogP contribution is 2.44. The molecule has 1 saturated heterocycles. The zero-order chi connectivity index (χ0) is 40.2. The summed E-state index contributed by atoms with van der Waals surface area (Å²) in [6.45, 7) is 31.2. The molecule has 1 fully saturated rings. The zero-order valence-electron chi connectivity index (χ0n) is 36.0. The number of rotatable bonds is 8. The third-order valence-electron chi connectivity index (χ3n) is 12.5. The fourth-order valence-corrected chi connectivity index (χ4v) is 7.60. The summed E-state index contributed by atoms with van der Waals surface area (Å²) in [5.41, 5.74) is 12.9. The fourth-order valence-electron chi connectivity index (χ4n) is 7.60. The molecule has 0 aliphatic carbocycles. The molecular weight excluding hydrogens is 667 g/mol. The summed E-state index contributed by atoms with van der Waals surface area (Å²) >= 11 is 0. The Hall–Kier alpha value is -4.18. The van der Waals surface area contributed by atoms with Crippen LogP contribution in [0.5, 0.6) is 0 Å². The van der Waals surface area contributed by atoms with Gasteiger partial charge in [0.15, 0.2) is 0 Å². The monoisotopic (exact) mass is 730 g/mol. The average Bonchev–Trinajstić information content (AvgIpc) is 3.36. The second-order valence-electron chi connectivity index (χ2n) is 19.9. The number of benzene rings is 5. The van der Waals surface area contributed by atoms with Gasteiger partial charge in [-0.05, 0) is 99.7 Å². The molecular formula is C52H63BO2. The molecule has 55 heavy (non-hydrogen) atoms. The van der Waals surface area contributed by atoms with Crippen LogP contribution in [-0.2, 0) is 30.9 Å². The van der Waals surface area contributed by atoms with Crippen LogP contribution in [0.4, 0.5) is 0 Å². The van der Waals surface area contributed by atoms with Gasteiger partial charge < -0.3 is 9.31 Å². The fraction of sp³-hybridized carbons (Fsp3) is 0.385. The van der Waals surface area contributed by atoms with Crippen molar-refractivity contribution >= 4 is 18.3 Å². The van der Waals surface area contributed by atoms with Gasteiger partial charge >= 0.3 is 7.12 Å². The molecule has 0 saturated carbocycles. The van der Waals surface area contributed by atoms with Gasteiger partial charge in [0.05, 0.1) is 11.2 Å². The molecule has 286 valence electrons. The summed E-state index contributed by atoms with van der Waals surface area (Å²) in [5.74, 6) is 0. The van der Waals surface area contributed by atoms with Crippen molar-refractivity contribution in [2.45, 2.75) is 130 Å². The second kappa shape index (κ2) is 14.4. The van der Waals surface area contributed by atoms with E-state index in [-0.39, 0.29) is 39.9 Å². The normalized spacial score (nSPS) is 15.9. The van der Waals surface area contributed by atoms with Gasteiger partial charge in [0, 0.05) is 10.7 Å². The molecule has 0 radical (unpaired) electrons. The van der Waals surface area contributed by atoms with E-state index >= 15 is 0 Å². The topological polar surface area (TPSA) is 18.5 Å². The van der Waals surface area contributed by atoms with E-state index in [1.807, 2.05) is 0 Å². The van der Waals surface area contributed by atoms with Gasteiger partial charge in [-0.1, -0.05) is 197 Å². The van der Waals surface area contributed by atoms with Crippen LogP contribution in [0.25, 0.3) is 11.1 Å². The van der Waals surface area contributed by atoms with Crippen molar-refractivity contribution in [2.75, 3.05) is 0 Å². The molecule has 1 aliphatic rings. The zero-order valence-corrected chi connectivity index (χ0v) is 36.0. The smallest absolute Gasteiger partial charge is 0.403 e. The predicted molar refractivity (Wildman–Crippen MR) is 236 cm³/mol. The lowest BCUT2D eigenvalue weighted by molar-refractivity contribution is 0.00578. The van der Waals surface area contributed by atoms with E-state index in [1.165, 1.54) is 61.2 Å². The van der Waals surface area contributed by atoms with Gasteiger partial charge in [0.1, 0.15) is 0 Å². The maximum absolute atomic E-state index is 6.50. The number of hydrogen-bond donors (Lipinski definition) is 0. The maximum atomic E-state index is 6.50. The summed E-state index contributed by atoms with van der Waals surface area (Å²) in [4.78, 5) is 0. The van der Waals surface area contributed by atoms with E-state index in [2.05, 4.69) is 224 Å². The number of hydrogen-bond acceptors (Lipinski definition) is 2. The summed E-state index contributed by atoms with van der Waals surface area (Å²) in [6, 6.07) is 47.7. The maximum Gasteiger partial charge on any atom is 0.468 e. The highest BCUT2D eigenvalue weighted by molar-refractivity contribution is 6.49. The van der Waals surface area contributed by atoms with Gasteiger partial charge in [0.2, 0.25) is 0 Å². The Labute approximate surface area is 333 Å². The SMILES string of the molecule is CC(C)(C)c1ccc(C(=C(c2ccccc2)c2ccc(C(C)(C)c3ccc(C(C)(C)B4OC(C)(C)C(C)(C)O4)cc3)cc2)c2ccc(C(C)(C)C)cc2)cc1. The third-order valence-corrected chi connectivity index (χ3v) is 12.5. The largest absolute Gasteiger partial charge is 0.468 e. The van der Waals surface area contributed by atoms with E-state index in [4.69, 9.17) is 9.31 Å². The summed E-state index contributed by atoms with van der Waals surface area (Å²) < 4.78 is 13.0. The summed E-state index contributed by atoms with van der Waals surface area (Å²) in [5, 5.41) is -0.312. The van der Waals surface area contributed by atoms with Crippen molar-refractivity contribution in [1.82, 2.24) is 0 Å². The second-order valence-corrected chi connectivity index (χ2v) is 19.9. The first kappa shape index (κ1) is 40.5. The molecule has 5 aromatic rings. The molecule has 0 amide bonds. The van der Waals surface area contributed by atoms with Crippen molar-refractivity contribution in [3.63, 3.8) is 0 Å². The molecule has 3 heteroatoms. The average molecular weight is 731 g/mol. The molecule has 0 atom stereocenters. The summed E-state index contributed by atoms with van der Waals surface area (Å²) in [6.07, 6.45) is 0. The van der Waals surface area contributed by atoms with Crippen molar-refractivity contribution in [3.8, 4) is 0 Å². The Morgan fingerprint density at radius 2 is 0.673 bits per heavy atom. The van der Waals surface area contributed by atoms with Crippen molar-refractivity contribution in [2.24, 2.45) is 0 Å². The van der Waals surface area contributed by atoms with Crippen LogP contribution in [0.15, 0.2) is 127 Å². The Balaban J connectivity index is 1.41. The minimum absolute atomic E-state index is 0.0748. The molecule has 5 aromatic carbocycles. The van der Waals surface area contributed by atoms with E-state index in [9.17, 15) is 0 Å². The minimum atomic E-state index is -0.368. The molecule has 0 N–H and O–H groups in total. The van der Waals surface area contributed by atoms with Gasteiger partial charge in [0.25, 0.3) is 0 Å². The van der Waals surface area contributed by atoms with E-state index in [0.29, 0.717) is 0 Å². The molecule has 6 rings (SSSR count). The van der Waals surface area contributed by atoms with Gasteiger partial charge in [-0.25, -0.2) is 0 Å². The highest BCUT2D eigenvalue weighted by Gasteiger charge is 2.56. The minimum Gasteiger partial charge on any atom is -0.403 e. The molecule has 1 heterocycles. The lowest BCUT2D eigenvalue weighted by Crippen LogP contribution is -2.41. The van der Waals surface area contributed by atoms with Gasteiger partial charge in [-0.3, -0.25) is 0 Å². The quantitative estimate of drug-likeness (QED) is 0.117. The van der Waals surface area contributed by atoms with Gasteiger partial charge in [-0.2, -0.15) is 0 Å². The van der Waals surface area contributed by atoms with Crippen LogP contribution in [0.2, 0.25) is 0 Å². The molecule has 0 bridgehead atoms. The highest BCUT2D eigenvalue weighted by atomic mass is 16.7.